The molecule has 0 saturated carbocycles. The average Bonchev–Trinajstić information content (AvgIpc) is 3.35. The number of rotatable bonds is 4. The quantitative estimate of drug-likeness (QED) is 0.461. The maximum absolute atomic E-state index is 12.1. The summed E-state index contributed by atoms with van der Waals surface area (Å²) in [5.41, 5.74) is 2.79. The minimum Gasteiger partial charge on any atom is -0.457 e. The maximum atomic E-state index is 12.1. The van der Waals surface area contributed by atoms with Gasteiger partial charge in [-0.05, 0) is 68.3 Å². The highest BCUT2D eigenvalue weighted by Gasteiger charge is 2.19. The number of amides is 1. The number of carbonyl (C=O) groups excluding carboxylic acids is 1. The van der Waals surface area contributed by atoms with E-state index in [-0.39, 0.29) is 5.91 Å². The number of nitrogens with zero attached hydrogens (tertiary/aromatic N) is 2. The SMILES string of the molecule is Cc1ccc(-c2nc3ccc(Oc4ccc(N5CCCCC5=O)cc4)cc3[nH]2)s1. The van der Waals surface area contributed by atoms with Gasteiger partial charge in [-0.1, -0.05) is 0 Å². The third kappa shape index (κ3) is 3.63. The van der Waals surface area contributed by atoms with Gasteiger partial charge in [-0.15, -0.1) is 11.3 Å². The predicted octanol–water partition coefficient (Wildman–Crippen LogP) is 5.91. The molecule has 0 radical (unpaired) electrons. The zero-order valence-electron chi connectivity index (χ0n) is 16.1. The Kier molecular flexibility index (Phi) is 4.56. The van der Waals surface area contributed by atoms with E-state index in [4.69, 9.17) is 4.74 Å². The van der Waals surface area contributed by atoms with E-state index in [1.165, 1.54) is 4.88 Å². The number of aromatic nitrogens is 2. The number of benzene rings is 2. The lowest BCUT2D eigenvalue weighted by Gasteiger charge is -2.26. The van der Waals surface area contributed by atoms with E-state index < -0.39 is 0 Å². The van der Waals surface area contributed by atoms with Gasteiger partial charge in [0.2, 0.25) is 5.91 Å². The third-order valence-corrected chi connectivity index (χ3v) is 6.14. The van der Waals surface area contributed by atoms with Gasteiger partial charge in [-0.25, -0.2) is 4.98 Å². The van der Waals surface area contributed by atoms with Crippen LogP contribution in [0.25, 0.3) is 21.7 Å². The molecule has 5 nitrogen and oxygen atoms in total. The summed E-state index contributed by atoms with van der Waals surface area (Å²) < 4.78 is 6.03. The first-order valence-corrected chi connectivity index (χ1v) is 10.6. The van der Waals surface area contributed by atoms with Crippen molar-refractivity contribution in [1.29, 1.82) is 0 Å². The van der Waals surface area contributed by atoms with Crippen LogP contribution in [0.5, 0.6) is 11.5 Å². The highest BCUT2D eigenvalue weighted by atomic mass is 32.1. The number of nitrogens with one attached hydrogen (secondary N) is 1. The topological polar surface area (TPSA) is 58.2 Å². The van der Waals surface area contributed by atoms with Crippen molar-refractivity contribution < 1.29 is 9.53 Å². The molecule has 146 valence electrons. The van der Waals surface area contributed by atoms with E-state index in [9.17, 15) is 4.79 Å². The fraction of sp³-hybridized carbons (Fsp3) is 0.217. The number of H-pyrrole nitrogens is 1. The molecule has 0 aliphatic carbocycles. The number of thiophene rings is 1. The molecule has 1 saturated heterocycles. The number of imidazole rings is 1. The molecular formula is C23H21N3O2S. The minimum atomic E-state index is 0.200. The summed E-state index contributed by atoms with van der Waals surface area (Å²) in [4.78, 5) is 24.4. The molecule has 29 heavy (non-hydrogen) atoms. The summed E-state index contributed by atoms with van der Waals surface area (Å²) in [5, 5.41) is 0. The number of hydrogen-bond acceptors (Lipinski definition) is 4. The minimum absolute atomic E-state index is 0.200. The summed E-state index contributed by atoms with van der Waals surface area (Å²) in [5.74, 6) is 2.57. The molecule has 1 aliphatic heterocycles. The first kappa shape index (κ1) is 17.9. The van der Waals surface area contributed by atoms with E-state index in [1.54, 1.807) is 11.3 Å². The molecule has 0 atom stereocenters. The van der Waals surface area contributed by atoms with Crippen molar-refractivity contribution >= 4 is 34.0 Å². The zero-order chi connectivity index (χ0) is 19.8. The van der Waals surface area contributed by atoms with Crippen LogP contribution in [0.1, 0.15) is 24.1 Å². The van der Waals surface area contributed by atoms with Crippen molar-refractivity contribution in [2.45, 2.75) is 26.2 Å². The van der Waals surface area contributed by atoms with Crippen molar-refractivity contribution in [3.8, 4) is 22.2 Å². The van der Waals surface area contributed by atoms with Crippen molar-refractivity contribution in [2.75, 3.05) is 11.4 Å². The molecule has 2 aromatic heterocycles. The van der Waals surface area contributed by atoms with Gasteiger partial charge < -0.3 is 14.6 Å². The van der Waals surface area contributed by atoms with Crippen LogP contribution in [-0.2, 0) is 4.79 Å². The molecule has 2 aromatic carbocycles. The van der Waals surface area contributed by atoms with E-state index in [0.717, 1.165) is 58.3 Å². The zero-order valence-corrected chi connectivity index (χ0v) is 17.0. The third-order valence-electron chi connectivity index (χ3n) is 5.13. The lowest BCUT2D eigenvalue weighted by atomic mass is 10.1. The second-order valence-corrected chi connectivity index (χ2v) is 8.56. The number of anilines is 1. The Labute approximate surface area is 173 Å². The number of aromatic amines is 1. The van der Waals surface area contributed by atoms with Crippen LogP contribution >= 0.6 is 11.3 Å². The normalized spacial score (nSPS) is 14.5. The van der Waals surface area contributed by atoms with Crippen LogP contribution in [0.3, 0.4) is 0 Å². The predicted molar refractivity (Wildman–Crippen MR) is 117 cm³/mol. The molecule has 0 spiro atoms. The number of aryl methyl sites for hydroxylation is 1. The van der Waals surface area contributed by atoms with E-state index in [0.29, 0.717) is 6.42 Å². The Morgan fingerprint density at radius 3 is 2.62 bits per heavy atom. The summed E-state index contributed by atoms with van der Waals surface area (Å²) in [7, 11) is 0. The fourth-order valence-electron chi connectivity index (χ4n) is 3.64. The molecule has 5 rings (SSSR count). The Morgan fingerprint density at radius 2 is 1.86 bits per heavy atom. The fourth-order valence-corrected chi connectivity index (χ4v) is 4.45. The number of fused-ring (bicyclic) bond motifs is 1. The average molecular weight is 404 g/mol. The van der Waals surface area contributed by atoms with Gasteiger partial charge in [-0.3, -0.25) is 4.79 Å². The van der Waals surface area contributed by atoms with E-state index >= 15 is 0 Å². The number of piperidine rings is 1. The van der Waals surface area contributed by atoms with E-state index in [2.05, 4.69) is 29.0 Å². The van der Waals surface area contributed by atoms with Gasteiger partial charge in [0.25, 0.3) is 0 Å². The van der Waals surface area contributed by atoms with Crippen LogP contribution in [0.2, 0.25) is 0 Å². The molecule has 1 aliphatic rings. The Bertz CT molecular complexity index is 1180. The van der Waals surface area contributed by atoms with Crippen molar-refractivity contribution in [2.24, 2.45) is 0 Å². The lowest BCUT2D eigenvalue weighted by molar-refractivity contribution is -0.119. The van der Waals surface area contributed by atoms with Gasteiger partial charge in [0, 0.05) is 29.6 Å². The van der Waals surface area contributed by atoms with Crippen LogP contribution in [-0.4, -0.2) is 22.4 Å². The first-order chi connectivity index (χ1) is 14.2. The lowest BCUT2D eigenvalue weighted by Crippen LogP contribution is -2.35. The highest BCUT2D eigenvalue weighted by molar-refractivity contribution is 7.15. The van der Waals surface area contributed by atoms with Gasteiger partial charge in [0.05, 0.1) is 15.9 Å². The molecule has 0 bridgehead atoms. The van der Waals surface area contributed by atoms with Crippen molar-refractivity contribution in [1.82, 2.24) is 9.97 Å². The van der Waals surface area contributed by atoms with Crippen LogP contribution in [0.15, 0.2) is 54.6 Å². The van der Waals surface area contributed by atoms with Crippen LogP contribution < -0.4 is 9.64 Å². The summed E-state index contributed by atoms with van der Waals surface area (Å²) in [6.45, 7) is 2.89. The van der Waals surface area contributed by atoms with E-state index in [1.807, 2.05) is 47.4 Å². The summed E-state index contributed by atoms with van der Waals surface area (Å²) in [6, 6.07) is 17.8. The second-order valence-electron chi connectivity index (χ2n) is 7.27. The Balaban J connectivity index is 1.35. The molecule has 1 amide bonds. The molecule has 1 fully saturated rings. The molecule has 1 N–H and O–H groups in total. The molecule has 0 unspecified atom stereocenters. The summed E-state index contributed by atoms with van der Waals surface area (Å²) in [6.07, 6.45) is 2.68. The molecular weight excluding hydrogens is 382 g/mol. The first-order valence-electron chi connectivity index (χ1n) is 9.80. The standard InChI is InChI=1S/C23H21N3O2S/c1-15-5-12-21(29-15)23-24-19-11-10-18(14-20(19)25-23)28-17-8-6-16(7-9-17)26-13-3-2-4-22(26)27/h5-12,14H,2-4,13H2,1H3,(H,24,25). The van der Waals surface area contributed by atoms with Crippen LogP contribution in [0, 0.1) is 6.92 Å². The molecule has 6 heteroatoms. The largest absolute Gasteiger partial charge is 0.457 e. The second kappa shape index (κ2) is 7.37. The number of carbonyl (C=O) groups is 1. The Hall–Kier alpha value is -3.12. The van der Waals surface area contributed by atoms with Gasteiger partial charge in [0.1, 0.15) is 17.3 Å². The molecule has 4 aromatic rings. The smallest absolute Gasteiger partial charge is 0.226 e. The van der Waals surface area contributed by atoms with Crippen molar-refractivity contribution in [3.63, 3.8) is 0 Å². The van der Waals surface area contributed by atoms with Gasteiger partial charge >= 0.3 is 0 Å². The summed E-state index contributed by atoms with van der Waals surface area (Å²) >= 11 is 1.72. The highest BCUT2D eigenvalue weighted by Crippen LogP contribution is 2.31. The maximum Gasteiger partial charge on any atom is 0.226 e. The van der Waals surface area contributed by atoms with Gasteiger partial charge in [0.15, 0.2) is 0 Å². The van der Waals surface area contributed by atoms with Crippen LogP contribution in [0.4, 0.5) is 5.69 Å². The number of ether oxygens (including phenoxy) is 1. The Morgan fingerprint density at radius 1 is 1.03 bits per heavy atom. The van der Waals surface area contributed by atoms with Crippen molar-refractivity contribution in [3.05, 3.63) is 59.5 Å². The number of hydrogen-bond donors (Lipinski definition) is 1. The molecule has 3 heterocycles. The van der Waals surface area contributed by atoms with Gasteiger partial charge in [-0.2, -0.15) is 0 Å². The monoisotopic (exact) mass is 403 g/mol.